The third-order valence-corrected chi connectivity index (χ3v) is 3.67. The van der Waals surface area contributed by atoms with Gasteiger partial charge in [-0.1, -0.05) is 18.2 Å². The molecule has 0 saturated carbocycles. The smallest absolute Gasteiger partial charge is 0.126 e. The van der Waals surface area contributed by atoms with Gasteiger partial charge in [0.1, 0.15) is 5.82 Å². The standard InChI is InChI=1S/C14H18N2OS/c17-9-3-10-18-11-8-15-14-7-6-12-4-1-2-5-13(12)16-14/h1-2,4-7,17H,3,8-11H2,(H,15,16). The molecule has 1 aromatic carbocycles. The Morgan fingerprint density at radius 3 is 2.89 bits per heavy atom. The second kappa shape index (κ2) is 7.24. The van der Waals surface area contributed by atoms with Crippen LogP contribution in [0.25, 0.3) is 10.9 Å². The van der Waals surface area contributed by atoms with Crippen LogP contribution in [0, 0.1) is 0 Å². The van der Waals surface area contributed by atoms with Crippen molar-refractivity contribution in [3.63, 3.8) is 0 Å². The molecule has 0 spiro atoms. The molecule has 1 heterocycles. The minimum Gasteiger partial charge on any atom is -0.396 e. The molecule has 2 aromatic rings. The Morgan fingerprint density at radius 1 is 1.11 bits per heavy atom. The van der Waals surface area contributed by atoms with E-state index < -0.39 is 0 Å². The van der Waals surface area contributed by atoms with Crippen LogP contribution in [0.4, 0.5) is 5.82 Å². The summed E-state index contributed by atoms with van der Waals surface area (Å²) in [6.45, 7) is 1.19. The number of hydrogen-bond acceptors (Lipinski definition) is 4. The highest BCUT2D eigenvalue weighted by molar-refractivity contribution is 7.99. The summed E-state index contributed by atoms with van der Waals surface area (Å²) in [5, 5.41) is 13.1. The number of aliphatic hydroxyl groups excluding tert-OH is 1. The Bertz CT molecular complexity index is 490. The molecule has 3 nitrogen and oxygen atoms in total. The van der Waals surface area contributed by atoms with Gasteiger partial charge in [0.2, 0.25) is 0 Å². The molecule has 2 rings (SSSR count). The zero-order valence-corrected chi connectivity index (χ0v) is 11.1. The van der Waals surface area contributed by atoms with Crippen molar-refractivity contribution in [1.82, 2.24) is 4.98 Å². The second-order valence-electron chi connectivity index (χ2n) is 4.01. The number of anilines is 1. The largest absolute Gasteiger partial charge is 0.396 e. The van der Waals surface area contributed by atoms with Crippen molar-refractivity contribution in [2.75, 3.05) is 30.0 Å². The third kappa shape index (κ3) is 3.89. The van der Waals surface area contributed by atoms with Gasteiger partial charge in [-0.15, -0.1) is 0 Å². The number of fused-ring (bicyclic) bond motifs is 1. The summed E-state index contributed by atoms with van der Waals surface area (Å²) < 4.78 is 0. The summed E-state index contributed by atoms with van der Waals surface area (Å²) in [5.41, 5.74) is 1.02. The van der Waals surface area contributed by atoms with Gasteiger partial charge in [0.05, 0.1) is 5.52 Å². The summed E-state index contributed by atoms with van der Waals surface area (Å²) in [6.07, 6.45) is 0.874. The van der Waals surface area contributed by atoms with Crippen LogP contribution in [0.2, 0.25) is 0 Å². The fraction of sp³-hybridized carbons (Fsp3) is 0.357. The van der Waals surface area contributed by atoms with Crippen LogP contribution in [-0.2, 0) is 0 Å². The first-order valence-electron chi connectivity index (χ1n) is 6.18. The predicted molar refractivity (Wildman–Crippen MR) is 79.3 cm³/mol. The number of benzene rings is 1. The van der Waals surface area contributed by atoms with Crippen LogP contribution in [0.3, 0.4) is 0 Å². The third-order valence-electron chi connectivity index (χ3n) is 2.60. The average Bonchev–Trinajstić information content (AvgIpc) is 2.42. The molecule has 0 radical (unpaired) electrons. The molecular formula is C14H18N2OS. The maximum Gasteiger partial charge on any atom is 0.126 e. The van der Waals surface area contributed by atoms with Crippen LogP contribution >= 0.6 is 11.8 Å². The summed E-state index contributed by atoms with van der Waals surface area (Å²) in [6, 6.07) is 12.2. The minimum atomic E-state index is 0.284. The van der Waals surface area contributed by atoms with Gasteiger partial charge in [-0.3, -0.25) is 0 Å². The number of aromatic nitrogens is 1. The van der Waals surface area contributed by atoms with E-state index >= 15 is 0 Å². The normalized spacial score (nSPS) is 10.7. The van der Waals surface area contributed by atoms with Gasteiger partial charge in [0, 0.05) is 24.3 Å². The molecule has 0 fully saturated rings. The highest BCUT2D eigenvalue weighted by Gasteiger charge is 1.97. The number of pyridine rings is 1. The van der Waals surface area contributed by atoms with Gasteiger partial charge in [-0.2, -0.15) is 11.8 Å². The molecule has 0 aliphatic carbocycles. The van der Waals surface area contributed by atoms with E-state index in [9.17, 15) is 0 Å². The number of thioether (sulfide) groups is 1. The first-order chi connectivity index (χ1) is 8.90. The average molecular weight is 262 g/mol. The van der Waals surface area contributed by atoms with Crippen LogP contribution in [0.1, 0.15) is 6.42 Å². The van der Waals surface area contributed by atoms with E-state index in [0.29, 0.717) is 0 Å². The molecule has 4 heteroatoms. The van der Waals surface area contributed by atoms with Crippen LogP contribution in [0.5, 0.6) is 0 Å². The van der Waals surface area contributed by atoms with E-state index in [0.717, 1.165) is 35.8 Å². The SMILES string of the molecule is OCCCSCCNc1ccc2ccccc2n1. The van der Waals surface area contributed by atoms with Crippen LogP contribution in [-0.4, -0.2) is 34.7 Å². The number of rotatable bonds is 7. The first-order valence-corrected chi connectivity index (χ1v) is 7.34. The Kier molecular flexibility index (Phi) is 5.30. The maximum atomic E-state index is 8.66. The number of nitrogens with one attached hydrogen (secondary N) is 1. The van der Waals surface area contributed by atoms with Crippen LogP contribution in [0.15, 0.2) is 36.4 Å². The van der Waals surface area contributed by atoms with Crippen molar-refractivity contribution in [2.45, 2.75) is 6.42 Å². The van der Waals surface area contributed by atoms with Crippen molar-refractivity contribution in [3.05, 3.63) is 36.4 Å². The molecule has 0 saturated heterocycles. The van der Waals surface area contributed by atoms with Crippen molar-refractivity contribution in [2.24, 2.45) is 0 Å². The van der Waals surface area contributed by atoms with Crippen LogP contribution < -0.4 is 5.32 Å². The fourth-order valence-corrected chi connectivity index (χ4v) is 2.47. The van der Waals surface area contributed by atoms with E-state index in [-0.39, 0.29) is 6.61 Å². The lowest BCUT2D eigenvalue weighted by Crippen LogP contribution is -2.06. The van der Waals surface area contributed by atoms with Gasteiger partial charge in [0.25, 0.3) is 0 Å². The van der Waals surface area contributed by atoms with Gasteiger partial charge in [-0.25, -0.2) is 4.98 Å². The second-order valence-corrected chi connectivity index (χ2v) is 5.23. The molecule has 96 valence electrons. The molecule has 18 heavy (non-hydrogen) atoms. The fourth-order valence-electron chi connectivity index (χ4n) is 1.68. The van der Waals surface area contributed by atoms with Gasteiger partial charge >= 0.3 is 0 Å². The molecule has 2 N–H and O–H groups in total. The number of aliphatic hydroxyl groups is 1. The number of para-hydroxylation sites is 1. The highest BCUT2D eigenvalue weighted by Crippen LogP contribution is 2.14. The zero-order valence-electron chi connectivity index (χ0n) is 10.3. The summed E-state index contributed by atoms with van der Waals surface area (Å²) in [5.74, 6) is 2.98. The van der Waals surface area contributed by atoms with Gasteiger partial charge in [0.15, 0.2) is 0 Å². The van der Waals surface area contributed by atoms with E-state index in [1.165, 1.54) is 5.39 Å². The number of nitrogens with zero attached hydrogens (tertiary/aromatic N) is 1. The summed E-state index contributed by atoms with van der Waals surface area (Å²) in [7, 11) is 0. The molecular weight excluding hydrogens is 244 g/mol. The lowest BCUT2D eigenvalue weighted by Gasteiger charge is -2.06. The van der Waals surface area contributed by atoms with Gasteiger partial charge < -0.3 is 10.4 Å². The quantitative estimate of drug-likeness (QED) is 0.753. The summed E-state index contributed by atoms with van der Waals surface area (Å²) in [4.78, 5) is 4.55. The minimum absolute atomic E-state index is 0.284. The Balaban J connectivity index is 1.81. The molecule has 0 unspecified atom stereocenters. The molecule has 0 atom stereocenters. The van der Waals surface area contributed by atoms with E-state index in [1.54, 1.807) is 0 Å². The van der Waals surface area contributed by atoms with E-state index in [4.69, 9.17) is 5.11 Å². The van der Waals surface area contributed by atoms with E-state index in [1.807, 2.05) is 36.0 Å². The van der Waals surface area contributed by atoms with Crippen molar-refractivity contribution < 1.29 is 5.11 Å². The first kappa shape index (κ1) is 13.2. The Hall–Kier alpha value is -1.26. The molecule has 0 aliphatic heterocycles. The Labute approximate surface area is 112 Å². The molecule has 0 bridgehead atoms. The molecule has 0 amide bonds. The number of hydrogen-bond donors (Lipinski definition) is 2. The highest BCUT2D eigenvalue weighted by atomic mass is 32.2. The molecule has 1 aromatic heterocycles. The summed E-state index contributed by atoms with van der Waals surface area (Å²) >= 11 is 1.85. The van der Waals surface area contributed by atoms with Crippen molar-refractivity contribution >= 4 is 28.5 Å². The van der Waals surface area contributed by atoms with Crippen molar-refractivity contribution in [3.8, 4) is 0 Å². The monoisotopic (exact) mass is 262 g/mol. The lowest BCUT2D eigenvalue weighted by atomic mass is 10.2. The molecule has 0 aliphatic rings. The van der Waals surface area contributed by atoms with Gasteiger partial charge in [-0.05, 0) is 30.4 Å². The predicted octanol–water partition coefficient (Wildman–Crippen LogP) is 2.76. The van der Waals surface area contributed by atoms with E-state index in [2.05, 4.69) is 22.4 Å². The zero-order chi connectivity index (χ0) is 12.6. The topological polar surface area (TPSA) is 45.1 Å². The van der Waals surface area contributed by atoms with Crippen molar-refractivity contribution in [1.29, 1.82) is 0 Å². The maximum absolute atomic E-state index is 8.66. The Morgan fingerprint density at radius 2 is 2.00 bits per heavy atom. The lowest BCUT2D eigenvalue weighted by molar-refractivity contribution is 0.296.